The van der Waals surface area contributed by atoms with Crippen LogP contribution in [0.2, 0.25) is 0 Å². The number of carbonyl (C=O) groups excluding carboxylic acids is 3. The van der Waals surface area contributed by atoms with Crippen LogP contribution in [0.5, 0.6) is 0 Å². The predicted molar refractivity (Wildman–Crippen MR) is 71.0 cm³/mol. The summed E-state index contributed by atoms with van der Waals surface area (Å²) in [4.78, 5) is 33.8. The molecule has 1 heterocycles. The standard InChI is InChI=1S/C14H22O7/c1-6-11-7(2)12(18-8(3)15)13(19-9(4)16)14(21-11)20-10(5)17/h7,11-14H,6H2,1-5H3/t7-,11?,12+,13?,14-/m0/s1. The van der Waals surface area contributed by atoms with E-state index in [2.05, 4.69) is 0 Å². The third kappa shape index (κ3) is 4.70. The molecule has 0 amide bonds. The average Bonchev–Trinajstić information content (AvgIpc) is 2.35. The second-order valence-electron chi connectivity index (χ2n) is 5.07. The number of carbonyl (C=O) groups is 3. The van der Waals surface area contributed by atoms with Crippen LogP contribution < -0.4 is 0 Å². The van der Waals surface area contributed by atoms with Crippen LogP contribution in [0, 0.1) is 5.92 Å². The zero-order valence-electron chi connectivity index (χ0n) is 13.0. The molecule has 0 N–H and O–H groups in total. The van der Waals surface area contributed by atoms with Crippen molar-refractivity contribution in [1.29, 1.82) is 0 Å². The van der Waals surface area contributed by atoms with Crippen LogP contribution in [0.3, 0.4) is 0 Å². The minimum atomic E-state index is -1.09. The molecule has 0 radical (unpaired) electrons. The molecule has 1 aliphatic heterocycles. The van der Waals surface area contributed by atoms with E-state index in [-0.39, 0.29) is 12.0 Å². The van der Waals surface area contributed by atoms with Crippen LogP contribution in [0.1, 0.15) is 41.0 Å². The summed E-state index contributed by atoms with van der Waals surface area (Å²) >= 11 is 0. The van der Waals surface area contributed by atoms with Gasteiger partial charge in [-0.05, 0) is 6.42 Å². The highest BCUT2D eigenvalue weighted by Gasteiger charge is 2.48. The van der Waals surface area contributed by atoms with Gasteiger partial charge in [0.2, 0.25) is 12.4 Å². The van der Waals surface area contributed by atoms with Gasteiger partial charge in [-0.3, -0.25) is 14.4 Å². The van der Waals surface area contributed by atoms with Gasteiger partial charge in [0.05, 0.1) is 6.10 Å². The quantitative estimate of drug-likeness (QED) is 0.569. The molecule has 0 aromatic rings. The predicted octanol–water partition coefficient (Wildman–Crippen LogP) is 1.18. The Labute approximate surface area is 123 Å². The minimum absolute atomic E-state index is 0.199. The van der Waals surface area contributed by atoms with Crippen LogP contribution in [0.25, 0.3) is 0 Å². The van der Waals surface area contributed by atoms with Gasteiger partial charge in [0, 0.05) is 26.7 Å². The van der Waals surface area contributed by atoms with Crippen molar-refractivity contribution < 1.29 is 33.3 Å². The molecular weight excluding hydrogens is 280 g/mol. The van der Waals surface area contributed by atoms with Crippen molar-refractivity contribution in [2.24, 2.45) is 5.92 Å². The van der Waals surface area contributed by atoms with E-state index < -0.39 is 36.4 Å². The number of hydrogen-bond acceptors (Lipinski definition) is 7. The number of esters is 3. The molecule has 0 spiro atoms. The van der Waals surface area contributed by atoms with Crippen LogP contribution in [-0.2, 0) is 33.3 Å². The molecule has 0 saturated carbocycles. The summed E-state index contributed by atoms with van der Waals surface area (Å²) in [5.74, 6) is -1.83. The van der Waals surface area contributed by atoms with Crippen molar-refractivity contribution in [1.82, 2.24) is 0 Å². The number of rotatable bonds is 4. The van der Waals surface area contributed by atoms with Gasteiger partial charge in [0.25, 0.3) is 0 Å². The lowest BCUT2D eigenvalue weighted by Crippen LogP contribution is -2.57. The summed E-state index contributed by atoms with van der Waals surface area (Å²) in [5, 5.41) is 0. The molecule has 2 unspecified atom stereocenters. The molecule has 1 fully saturated rings. The summed E-state index contributed by atoms with van der Waals surface area (Å²) in [6, 6.07) is 0. The summed E-state index contributed by atoms with van der Waals surface area (Å²) in [6.07, 6.45) is -2.42. The van der Waals surface area contributed by atoms with E-state index in [0.29, 0.717) is 6.42 Å². The maximum atomic E-state index is 11.3. The molecule has 120 valence electrons. The largest absolute Gasteiger partial charge is 0.458 e. The zero-order chi connectivity index (χ0) is 16.2. The fourth-order valence-corrected chi connectivity index (χ4v) is 2.45. The molecule has 1 rings (SSSR count). The van der Waals surface area contributed by atoms with Crippen molar-refractivity contribution in [2.75, 3.05) is 0 Å². The molecule has 1 saturated heterocycles. The Morgan fingerprint density at radius 3 is 1.81 bits per heavy atom. The van der Waals surface area contributed by atoms with Gasteiger partial charge < -0.3 is 18.9 Å². The topological polar surface area (TPSA) is 88.1 Å². The molecule has 0 aromatic carbocycles. The van der Waals surface area contributed by atoms with Gasteiger partial charge >= 0.3 is 17.9 Å². The first-order valence-electron chi connectivity index (χ1n) is 6.93. The molecular formula is C14H22O7. The summed E-state index contributed by atoms with van der Waals surface area (Å²) < 4.78 is 21.2. The van der Waals surface area contributed by atoms with E-state index in [1.807, 2.05) is 13.8 Å². The van der Waals surface area contributed by atoms with Crippen LogP contribution in [0.4, 0.5) is 0 Å². The molecule has 0 aromatic heterocycles. The van der Waals surface area contributed by atoms with Crippen molar-refractivity contribution in [3.63, 3.8) is 0 Å². The highest BCUT2D eigenvalue weighted by molar-refractivity contribution is 5.68. The second kappa shape index (κ2) is 7.40. The summed E-state index contributed by atoms with van der Waals surface area (Å²) in [6.45, 7) is 7.47. The van der Waals surface area contributed by atoms with Crippen LogP contribution in [0.15, 0.2) is 0 Å². The Balaban J connectivity index is 3.05. The first-order valence-corrected chi connectivity index (χ1v) is 6.93. The fourth-order valence-electron chi connectivity index (χ4n) is 2.45. The number of ether oxygens (including phenoxy) is 4. The molecule has 1 aliphatic rings. The Bertz CT molecular complexity index is 406. The van der Waals surface area contributed by atoms with Crippen molar-refractivity contribution in [3.05, 3.63) is 0 Å². The minimum Gasteiger partial charge on any atom is -0.458 e. The van der Waals surface area contributed by atoms with E-state index in [9.17, 15) is 14.4 Å². The van der Waals surface area contributed by atoms with E-state index in [4.69, 9.17) is 18.9 Å². The SMILES string of the molecule is CCC1O[C@H](OC(C)=O)C(OC(C)=O)[C@H](OC(C)=O)[C@H]1C. The fraction of sp³-hybridized carbons (Fsp3) is 0.786. The van der Waals surface area contributed by atoms with E-state index in [0.717, 1.165) is 0 Å². The third-order valence-electron chi connectivity index (χ3n) is 3.29. The first kappa shape index (κ1) is 17.4. The molecule has 5 atom stereocenters. The zero-order valence-corrected chi connectivity index (χ0v) is 13.0. The lowest BCUT2D eigenvalue weighted by Gasteiger charge is -2.43. The van der Waals surface area contributed by atoms with E-state index in [1.165, 1.54) is 20.8 Å². The van der Waals surface area contributed by atoms with E-state index >= 15 is 0 Å². The second-order valence-corrected chi connectivity index (χ2v) is 5.07. The Morgan fingerprint density at radius 2 is 1.38 bits per heavy atom. The van der Waals surface area contributed by atoms with Crippen LogP contribution >= 0.6 is 0 Å². The van der Waals surface area contributed by atoms with Gasteiger partial charge in [-0.2, -0.15) is 0 Å². The van der Waals surface area contributed by atoms with Gasteiger partial charge in [-0.1, -0.05) is 13.8 Å². The highest BCUT2D eigenvalue weighted by atomic mass is 16.7. The van der Waals surface area contributed by atoms with Gasteiger partial charge in [0.1, 0.15) is 6.10 Å². The lowest BCUT2D eigenvalue weighted by atomic mass is 9.89. The monoisotopic (exact) mass is 302 g/mol. The van der Waals surface area contributed by atoms with E-state index in [1.54, 1.807) is 0 Å². The molecule has 0 bridgehead atoms. The molecule has 21 heavy (non-hydrogen) atoms. The Morgan fingerprint density at radius 1 is 0.905 bits per heavy atom. The third-order valence-corrected chi connectivity index (χ3v) is 3.29. The first-order chi connectivity index (χ1) is 9.76. The van der Waals surface area contributed by atoms with Gasteiger partial charge in [0.15, 0.2) is 0 Å². The summed E-state index contributed by atoms with van der Waals surface area (Å²) in [5.41, 5.74) is 0. The van der Waals surface area contributed by atoms with Gasteiger partial charge in [-0.15, -0.1) is 0 Å². The molecule has 0 aliphatic carbocycles. The normalized spacial score (nSPS) is 32.1. The molecule has 7 nitrogen and oxygen atoms in total. The smallest absolute Gasteiger partial charge is 0.305 e. The Hall–Kier alpha value is -1.63. The van der Waals surface area contributed by atoms with Crippen molar-refractivity contribution in [3.8, 4) is 0 Å². The lowest BCUT2D eigenvalue weighted by molar-refractivity contribution is -0.281. The highest BCUT2D eigenvalue weighted by Crippen LogP contribution is 2.32. The van der Waals surface area contributed by atoms with Crippen molar-refractivity contribution >= 4 is 17.9 Å². The summed E-state index contributed by atoms with van der Waals surface area (Å²) in [7, 11) is 0. The van der Waals surface area contributed by atoms with Gasteiger partial charge in [-0.25, -0.2) is 0 Å². The molecule has 7 heteroatoms. The maximum Gasteiger partial charge on any atom is 0.305 e. The average molecular weight is 302 g/mol. The Kier molecular flexibility index (Phi) is 6.14. The van der Waals surface area contributed by atoms with Crippen molar-refractivity contribution in [2.45, 2.75) is 65.6 Å². The maximum absolute atomic E-state index is 11.3. The van der Waals surface area contributed by atoms with Crippen LogP contribution in [-0.4, -0.2) is 42.5 Å². The number of hydrogen-bond donors (Lipinski definition) is 0.